The Morgan fingerprint density at radius 3 is 2.58 bits per heavy atom. The molecule has 0 spiro atoms. The summed E-state index contributed by atoms with van der Waals surface area (Å²) in [6.07, 6.45) is 1.68. The van der Waals surface area contributed by atoms with Gasteiger partial charge in [0.15, 0.2) is 0 Å². The van der Waals surface area contributed by atoms with E-state index in [4.69, 9.17) is 10.2 Å². The van der Waals surface area contributed by atoms with E-state index < -0.39 is 0 Å². The monoisotopic (exact) mass is 322 g/mol. The maximum atomic E-state index is 5.93. The summed E-state index contributed by atoms with van der Waals surface area (Å²) in [5.41, 5.74) is 9.60. The van der Waals surface area contributed by atoms with Crippen molar-refractivity contribution < 1.29 is 4.42 Å². The van der Waals surface area contributed by atoms with Crippen LogP contribution in [0.15, 0.2) is 39.4 Å². The highest BCUT2D eigenvalue weighted by Crippen LogP contribution is 2.32. The summed E-state index contributed by atoms with van der Waals surface area (Å²) in [7, 11) is 2.05. The third-order valence-corrected chi connectivity index (χ3v) is 4.03. The molecule has 0 aliphatic carbocycles. The van der Waals surface area contributed by atoms with Crippen molar-refractivity contribution in [3.63, 3.8) is 0 Å². The van der Waals surface area contributed by atoms with Crippen LogP contribution in [0.25, 0.3) is 0 Å². The van der Waals surface area contributed by atoms with Gasteiger partial charge in [-0.3, -0.25) is 0 Å². The predicted molar refractivity (Wildman–Crippen MR) is 82.5 cm³/mol. The maximum absolute atomic E-state index is 5.93. The summed E-state index contributed by atoms with van der Waals surface area (Å²) in [6, 6.07) is 8.34. The molecule has 1 atom stereocenters. The summed E-state index contributed by atoms with van der Waals surface area (Å²) in [4.78, 5) is 2.17. The zero-order valence-electron chi connectivity index (χ0n) is 11.5. The summed E-state index contributed by atoms with van der Waals surface area (Å²) in [5, 5.41) is 0. The van der Waals surface area contributed by atoms with E-state index in [2.05, 4.69) is 52.9 Å². The Kier molecular flexibility index (Phi) is 4.32. The molecule has 0 aliphatic heterocycles. The number of nitrogens with zero attached hydrogens (tertiary/aromatic N) is 1. The highest BCUT2D eigenvalue weighted by atomic mass is 79.9. The second kappa shape index (κ2) is 5.80. The van der Waals surface area contributed by atoms with Crippen LogP contribution in [0, 0.1) is 13.8 Å². The van der Waals surface area contributed by atoms with Crippen LogP contribution in [-0.4, -0.2) is 13.6 Å². The quantitative estimate of drug-likeness (QED) is 0.931. The molecule has 1 aromatic carbocycles. The number of furan rings is 1. The Bertz CT molecular complexity index is 565. The standard InChI is InChI=1S/C15H19BrN2O/c1-10-4-5-13(11(2)8-10)18(3)14(9-17)15-12(16)6-7-19-15/h4-8,14H,9,17H2,1-3H3. The Morgan fingerprint density at radius 1 is 1.32 bits per heavy atom. The number of hydrogen-bond donors (Lipinski definition) is 1. The minimum Gasteiger partial charge on any atom is -0.466 e. The Hall–Kier alpha value is -1.26. The van der Waals surface area contributed by atoms with Crippen molar-refractivity contribution in [2.45, 2.75) is 19.9 Å². The number of halogens is 1. The summed E-state index contributed by atoms with van der Waals surface area (Å²) in [6.45, 7) is 4.71. The number of benzene rings is 1. The summed E-state index contributed by atoms with van der Waals surface area (Å²) >= 11 is 3.50. The molecule has 0 radical (unpaired) electrons. The average molecular weight is 323 g/mol. The first-order chi connectivity index (χ1) is 9.04. The van der Waals surface area contributed by atoms with Gasteiger partial charge in [-0.1, -0.05) is 17.7 Å². The van der Waals surface area contributed by atoms with E-state index in [-0.39, 0.29) is 6.04 Å². The van der Waals surface area contributed by atoms with Crippen LogP contribution >= 0.6 is 15.9 Å². The number of nitrogens with two attached hydrogens (primary N) is 1. The van der Waals surface area contributed by atoms with Crippen LogP contribution in [0.3, 0.4) is 0 Å². The first-order valence-electron chi connectivity index (χ1n) is 6.27. The van der Waals surface area contributed by atoms with Crippen LogP contribution in [0.2, 0.25) is 0 Å². The summed E-state index contributed by atoms with van der Waals surface area (Å²) < 4.78 is 6.51. The molecule has 2 aromatic rings. The zero-order valence-corrected chi connectivity index (χ0v) is 13.1. The molecule has 0 amide bonds. The fraction of sp³-hybridized carbons (Fsp3) is 0.333. The van der Waals surface area contributed by atoms with Gasteiger partial charge < -0.3 is 15.1 Å². The van der Waals surface area contributed by atoms with E-state index >= 15 is 0 Å². The Morgan fingerprint density at radius 2 is 2.05 bits per heavy atom. The fourth-order valence-electron chi connectivity index (χ4n) is 2.35. The lowest BCUT2D eigenvalue weighted by molar-refractivity contribution is 0.457. The van der Waals surface area contributed by atoms with Gasteiger partial charge in [0.05, 0.1) is 10.7 Å². The minimum atomic E-state index is 0.0192. The van der Waals surface area contributed by atoms with Gasteiger partial charge in [0.25, 0.3) is 0 Å². The van der Waals surface area contributed by atoms with Gasteiger partial charge in [0.1, 0.15) is 11.8 Å². The average Bonchev–Trinajstić information content (AvgIpc) is 2.76. The normalized spacial score (nSPS) is 12.5. The molecule has 1 unspecified atom stereocenters. The molecular formula is C15H19BrN2O. The summed E-state index contributed by atoms with van der Waals surface area (Å²) in [5.74, 6) is 0.866. The van der Waals surface area contributed by atoms with Crippen molar-refractivity contribution in [2.24, 2.45) is 5.73 Å². The molecule has 3 nitrogen and oxygen atoms in total. The number of anilines is 1. The van der Waals surface area contributed by atoms with Gasteiger partial charge in [0, 0.05) is 19.3 Å². The number of aryl methyl sites for hydroxylation is 2. The molecular weight excluding hydrogens is 304 g/mol. The predicted octanol–water partition coefficient (Wildman–Crippen LogP) is 3.80. The van der Waals surface area contributed by atoms with Gasteiger partial charge in [-0.05, 0) is 47.5 Å². The van der Waals surface area contributed by atoms with Crippen LogP contribution in [0.1, 0.15) is 22.9 Å². The van der Waals surface area contributed by atoms with Crippen molar-refractivity contribution >= 4 is 21.6 Å². The second-order valence-electron chi connectivity index (χ2n) is 4.79. The van der Waals surface area contributed by atoms with E-state index in [1.807, 2.05) is 13.1 Å². The lowest BCUT2D eigenvalue weighted by Gasteiger charge is -2.29. The SMILES string of the molecule is Cc1ccc(N(C)C(CN)c2occc2Br)c(C)c1. The van der Waals surface area contributed by atoms with Gasteiger partial charge >= 0.3 is 0 Å². The zero-order chi connectivity index (χ0) is 14.0. The van der Waals surface area contributed by atoms with Crippen LogP contribution in [-0.2, 0) is 0 Å². The van der Waals surface area contributed by atoms with Crippen molar-refractivity contribution in [1.82, 2.24) is 0 Å². The molecule has 0 saturated heterocycles. The first-order valence-corrected chi connectivity index (χ1v) is 7.07. The number of likely N-dealkylation sites (N-methyl/N-ethyl adjacent to an activating group) is 1. The fourth-order valence-corrected chi connectivity index (χ4v) is 2.82. The molecule has 0 fully saturated rings. The van der Waals surface area contributed by atoms with E-state index in [9.17, 15) is 0 Å². The topological polar surface area (TPSA) is 42.4 Å². The van der Waals surface area contributed by atoms with Crippen LogP contribution in [0.5, 0.6) is 0 Å². The third-order valence-electron chi connectivity index (χ3n) is 3.37. The lowest BCUT2D eigenvalue weighted by atomic mass is 10.1. The smallest absolute Gasteiger partial charge is 0.141 e. The van der Waals surface area contributed by atoms with E-state index in [1.54, 1.807) is 6.26 Å². The third kappa shape index (κ3) is 2.85. The molecule has 1 heterocycles. The van der Waals surface area contributed by atoms with Gasteiger partial charge in [-0.15, -0.1) is 0 Å². The maximum Gasteiger partial charge on any atom is 0.141 e. The van der Waals surface area contributed by atoms with Crippen LogP contribution in [0.4, 0.5) is 5.69 Å². The highest BCUT2D eigenvalue weighted by Gasteiger charge is 2.22. The Balaban J connectivity index is 2.36. The van der Waals surface area contributed by atoms with Crippen molar-refractivity contribution in [3.8, 4) is 0 Å². The van der Waals surface area contributed by atoms with Crippen molar-refractivity contribution in [2.75, 3.05) is 18.5 Å². The molecule has 2 rings (SSSR count). The largest absolute Gasteiger partial charge is 0.466 e. The molecule has 1 aromatic heterocycles. The number of hydrogen-bond acceptors (Lipinski definition) is 3. The van der Waals surface area contributed by atoms with Gasteiger partial charge in [0.2, 0.25) is 0 Å². The van der Waals surface area contributed by atoms with Gasteiger partial charge in [-0.25, -0.2) is 0 Å². The molecule has 0 bridgehead atoms. The van der Waals surface area contributed by atoms with Crippen molar-refractivity contribution in [1.29, 1.82) is 0 Å². The molecule has 102 valence electrons. The molecule has 19 heavy (non-hydrogen) atoms. The highest BCUT2D eigenvalue weighted by molar-refractivity contribution is 9.10. The molecule has 2 N–H and O–H groups in total. The second-order valence-corrected chi connectivity index (χ2v) is 5.64. The first kappa shape index (κ1) is 14.2. The minimum absolute atomic E-state index is 0.0192. The van der Waals surface area contributed by atoms with Gasteiger partial charge in [-0.2, -0.15) is 0 Å². The van der Waals surface area contributed by atoms with Crippen LogP contribution < -0.4 is 10.6 Å². The Labute approximate surface area is 122 Å². The van der Waals surface area contributed by atoms with Crippen molar-refractivity contribution in [3.05, 3.63) is 51.9 Å². The lowest BCUT2D eigenvalue weighted by Crippen LogP contribution is -2.30. The number of rotatable bonds is 4. The molecule has 0 aliphatic rings. The molecule has 0 saturated carbocycles. The van der Waals surface area contributed by atoms with E-state index in [0.717, 1.165) is 10.2 Å². The van der Waals surface area contributed by atoms with E-state index in [1.165, 1.54) is 16.8 Å². The molecule has 4 heteroatoms. The van der Waals surface area contributed by atoms with E-state index in [0.29, 0.717) is 6.54 Å².